The fourth-order valence-corrected chi connectivity index (χ4v) is 3.12. The second kappa shape index (κ2) is 9.44. The van der Waals surface area contributed by atoms with Crippen molar-refractivity contribution < 1.29 is 19.3 Å². The maximum atomic E-state index is 13.5. The molecular formula is C18H29FN2O3. The summed E-state index contributed by atoms with van der Waals surface area (Å²) in [5.41, 5.74) is 0.505. The number of ether oxygens (including phenoxy) is 1. The van der Waals surface area contributed by atoms with E-state index in [1.165, 1.54) is 6.07 Å². The van der Waals surface area contributed by atoms with Gasteiger partial charge in [-0.3, -0.25) is 9.80 Å². The van der Waals surface area contributed by atoms with Gasteiger partial charge in [0, 0.05) is 44.3 Å². The summed E-state index contributed by atoms with van der Waals surface area (Å²) in [4.78, 5) is 4.47. The van der Waals surface area contributed by atoms with Crippen molar-refractivity contribution in [1.29, 1.82) is 0 Å². The molecule has 2 N–H and O–H groups in total. The molecule has 24 heavy (non-hydrogen) atoms. The van der Waals surface area contributed by atoms with Gasteiger partial charge in [-0.25, -0.2) is 4.39 Å². The minimum absolute atomic E-state index is 0.169. The van der Waals surface area contributed by atoms with Crippen LogP contribution in [0.15, 0.2) is 24.3 Å². The first kappa shape index (κ1) is 19.3. The van der Waals surface area contributed by atoms with Gasteiger partial charge in [-0.15, -0.1) is 0 Å². The van der Waals surface area contributed by atoms with E-state index in [-0.39, 0.29) is 25.1 Å². The summed E-state index contributed by atoms with van der Waals surface area (Å²) in [5, 5.41) is 19.6. The molecule has 1 fully saturated rings. The fraction of sp³-hybridized carbons (Fsp3) is 0.667. The molecule has 0 spiro atoms. The van der Waals surface area contributed by atoms with Crippen molar-refractivity contribution in [1.82, 2.24) is 9.80 Å². The van der Waals surface area contributed by atoms with Crippen LogP contribution in [0.5, 0.6) is 0 Å². The van der Waals surface area contributed by atoms with Gasteiger partial charge >= 0.3 is 0 Å². The minimum atomic E-state index is -0.590. The number of piperazine rings is 1. The maximum absolute atomic E-state index is 13.5. The number of hydrogen-bond donors (Lipinski definition) is 2. The first-order chi connectivity index (χ1) is 11.5. The second-order valence-corrected chi connectivity index (χ2v) is 6.71. The lowest BCUT2D eigenvalue weighted by Gasteiger charge is -2.41. The van der Waals surface area contributed by atoms with Gasteiger partial charge in [0.1, 0.15) is 5.82 Å². The van der Waals surface area contributed by atoms with Gasteiger partial charge in [-0.2, -0.15) is 0 Å². The predicted octanol–water partition coefficient (Wildman–Crippen LogP) is 1.09. The van der Waals surface area contributed by atoms with Crippen LogP contribution in [0.4, 0.5) is 4.39 Å². The van der Waals surface area contributed by atoms with Crippen LogP contribution in [0.25, 0.3) is 0 Å². The van der Waals surface area contributed by atoms with Crippen LogP contribution in [0, 0.1) is 5.82 Å². The van der Waals surface area contributed by atoms with Crippen molar-refractivity contribution in [3.8, 4) is 0 Å². The molecule has 1 heterocycles. The van der Waals surface area contributed by atoms with Crippen molar-refractivity contribution in [2.45, 2.75) is 38.7 Å². The Morgan fingerprint density at radius 2 is 2.00 bits per heavy atom. The van der Waals surface area contributed by atoms with E-state index in [1.54, 1.807) is 25.1 Å². The van der Waals surface area contributed by atoms with E-state index in [4.69, 9.17) is 4.74 Å². The van der Waals surface area contributed by atoms with E-state index in [2.05, 4.69) is 16.7 Å². The van der Waals surface area contributed by atoms with Crippen LogP contribution in [-0.2, 0) is 11.3 Å². The van der Waals surface area contributed by atoms with Crippen molar-refractivity contribution in [3.05, 3.63) is 35.6 Å². The fourth-order valence-electron chi connectivity index (χ4n) is 3.12. The highest BCUT2D eigenvalue weighted by Crippen LogP contribution is 2.11. The monoisotopic (exact) mass is 340 g/mol. The van der Waals surface area contributed by atoms with Gasteiger partial charge < -0.3 is 14.9 Å². The summed E-state index contributed by atoms with van der Waals surface area (Å²) in [6.07, 6.45) is -0.913. The van der Waals surface area contributed by atoms with Crippen molar-refractivity contribution in [3.63, 3.8) is 0 Å². The zero-order valence-corrected chi connectivity index (χ0v) is 14.6. The standard InChI is InChI=1S/C18H29FN2O3/c1-14-9-20(7-8-21(14)10-15(2)22)11-17(23)13-24-12-16-5-3-4-6-18(16)19/h3-6,14-15,17,22-23H,7-13H2,1-2H3/t14-,15+,17+/m1/s1. The molecule has 0 aliphatic carbocycles. The number of β-amino-alcohol motifs (C(OH)–C–C–N with tert-alkyl or cyclic N) is 2. The molecule has 1 saturated heterocycles. The van der Waals surface area contributed by atoms with Gasteiger partial charge in [0.25, 0.3) is 0 Å². The third-order valence-electron chi connectivity index (χ3n) is 4.34. The van der Waals surface area contributed by atoms with E-state index in [0.29, 0.717) is 24.7 Å². The Labute approximate surface area is 143 Å². The number of rotatable bonds is 8. The lowest BCUT2D eigenvalue weighted by atomic mass is 10.1. The minimum Gasteiger partial charge on any atom is -0.392 e. The lowest BCUT2D eigenvalue weighted by Crippen LogP contribution is -2.54. The van der Waals surface area contributed by atoms with Crippen LogP contribution in [-0.4, -0.2) is 77.6 Å². The zero-order valence-electron chi connectivity index (χ0n) is 14.6. The molecule has 0 aromatic heterocycles. The van der Waals surface area contributed by atoms with Crippen LogP contribution < -0.4 is 0 Å². The predicted molar refractivity (Wildman–Crippen MR) is 91.2 cm³/mol. The van der Waals surface area contributed by atoms with E-state index >= 15 is 0 Å². The number of nitrogens with zero attached hydrogens (tertiary/aromatic N) is 2. The number of halogens is 1. The third kappa shape index (κ3) is 6.11. The van der Waals surface area contributed by atoms with Crippen LogP contribution >= 0.6 is 0 Å². The highest BCUT2D eigenvalue weighted by molar-refractivity contribution is 5.16. The third-order valence-corrected chi connectivity index (χ3v) is 4.34. The van der Waals surface area contributed by atoms with Crippen molar-refractivity contribution >= 4 is 0 Å². The van der Waals surface area contributed by atoms with E-state index in [0.717, 1.165) is 19.6 Å². The van der Waals surface area contributed by atoms with Crippen LogP contribution in [0.2, 0.25) is 0 Å². The molecule has 1 aliphatic heterocycles. The molecule has 5 nitrogen and oxygen atoms in total. The number of hydrogen-bond acceptors (Lipinski definition) is 5. The molecule has 0 amide bonds. The number of aliphatic hydroxyl groups is 2. The SMILES string of the molecule is C[C@H](O)CN1CCN(C[C@H](O)COCc2ccccc2F)C[C@H]1C. The molecule has 0 unspecified atom stereocenters. The Kier molecular flexibility index (Phi) is 7.58. The average molecular weight is 340 g/mol. The summed E-state index contributed by atoms with van der Waals surface area (Å²) in [6, 6.07) is 6.85. The summed E-state index contributed by atoms with van der Waals surface area (Å²) in [6.45, 7) is 8.13. The van der Waals surface area contributed by atoms with E-state index in [9.17, 15) is 14.6 Å². The lowest BCUT2D eigenvalue weighted by molar-refractivity contribution is -0.0119. The van der Waals surface area contributed by atoms with Crippen molar-refractivity contribution in [2.75, 3.05) is 39.3 Å². The molecule has 0 radical (unpaired) electrons. The molecular weight excluding hydrogens is 311 g/mol. The number of benzene rings is 1. The van der Waals surface area contributed by atoms with Gasteiger partial charge in [-0.05, 0) is 19.9 Å². The van der Waals surface area contributed by atoms with Gasteiger partial charge in [0.15, 0.2) is 0 Å². The van der Waals surface area contributed by atoms with Gasteiger partial charge in [0.2, 0.25) is 0 Å². The Morgan fingerprint density at radius 3 is 2.67 bits per heavy atom. The Morgan fingerprint density at radius 1 is 1.25 bits per heavy atom. The maximum Gasteiger partial charge on any atom is 0.128 e. The zero-order chi connectivity index (χ0) is 17.5. The highest BCUT2D eigenvalue weighted by atomic mass is 19.1. The van der Waals surface area contributed by atoms with E-state index in [1.807, 2.05) is 0 Å². The molecule has 136 valence electrons. The van der Waals surface area contributed by atoms with Gasteiger partial charge in [-0.1, -0.05) is 18.2 Å². The smallest absolute Gasteiger partial charge is 0.128 e. The molecule has 0 bridgehead atoms. The molecule has 2 rings (SSSR count). The largest absolute Gasteiger partial charge is 0.392 e. The number of aliphatic hydroxyl groups excluding tert-OH is 2. The molecule has 3 atom stereocenters. The summed E-state index contributed by atoms with van der Waals surface area (Å²) in [7, 11) is 0. The molecule has 6 heteroatoms. The Bertz CT molecular complexity index is 501. The quantitative estimate of drug-likeness (QED) is 0.742. The topological polar surface area (TPSA) is 56.2 Å². The summed E-state index contributed by atoms with van der Waals surface area (Å²) >= 11 is 0. The van der Waals surface area contributed by atoms with Crippen LogP contribution in [0.1, 0.15) is 19.4 Å². The summed E-state index contributed by atoms with van der Waals surface area (Å²) < 4.78 is 18.9. The van der Waals surface area contributed by atoms with Crippen LogP contribution in [0.3, 0.4) is 0 Å². The molecule has 1 aliphatic rings. The Balaban J connectivity index is 1.68. The first-order valence-corrected chi connectivity index (χ1v) is 8.59. The highest BCUT2D eigenvalue weighted by Gasteiger charge is 2.25. The van der Waals surface area contributed by atoms with Crippen molar-refractivity contribution in [2.24, 2.45) is 0 Å². The Hall–Kier alpha value is -1.05. The normalized spacial score (nSPS) is 22.5. The molecule has 1 aromatic carbocycles. The van der Waals surface area contributed by atoms with E-state index < -0.39 is 6.10 Å². The summed E-state index contributed by atoms with van der Waals surface area (Å²) in [5.74, 6) is -0.282. The molecule has 0 saturated carbocycles. The second-order valence-electron chi connectivity index (χ2n) is 6.71. The first-order valence-electron chi connectivity index (χ1n) is 8.59. The molecule has 1 aromatic rings. The average Bonchev–Trinajstić information content (AvgIpc) is 2.51. The van der Waals surface area contributed by atoms with Gasteiger partial charge in [0.05, 0.1) is 25.4 Å².